The maximum Gasteiger partial charge on any atom is 0.320 e. The summed E-state index contributed by atoms with van der Waals surface area (Å²) in [5.41, 5.74) is 4.97. The Kier molecular flexibility index (Phi) is 8.95. The number of likely N-dealkylation sites (tertiary alicyclic amines) is 1. The molecule has 1 atom stereocenters. The number of benzene rings is 2. The first kappa shape index (κ1) is 28.3. The average molecular weight is 553 g/mol. The van der Waals surface area contributed by atoms with Crippen molar-refractivity contribution in [3.05, 3.63) is 88.6 Å². The summed E-state index contributed by atoms with van der Waals surface area (Å²) in [6, 6.07) is 17.4. The highest BCUT2D eigenvalue weighted by molar-refractivity contribution is 6.04. The van der Waals surface area contributed by atoms with E-state index in [1.54, 1.807) is 24.4 Å². The molecule has 3 aromatic rings. The first-order chi connectivity index (χ1) is 19.8. The predicted molar refractivity (Wildman–Crippen MR) is 160 cm³/mol. The molecule has 9 heteroatoms. The Morgan fingerprint density at radius 3 is 2.51 bits per heavy atom. The van der Waals surface area contributed by atoms with Gasteiger partial charge in [-0.25, -0.2) is 9.78 Å². The highest BCUT2D eigenvalue weighted by Gasteiger charge is 2.23. The Morgan fingerprint density at radius 1 is 1.05 bits per heavy atom. The summed E-state index contributed by atoms with van der Waals surface area (Å²) in [5.74, 6) is 6.50. The number of aryl methyl sites for hydroxylation is 1. The third-order valence-electron chi connectivity index (χ3n) is 7.42. The standard InChI is InChI=1S/C32H36N6O3/c1-22-4-9-26(31(39)34-27-11-6-24(7-12-27)18-38-15-14-29(19-38)37(2)3)16-25(22)10-5-23-8-13-30(33-17-23)36-32(40)35-28-20-41-21-28/h4,6-9,11-13,16-17,28-29H,14-15,18-21H2,1-3H3,(H,34,39)(H2,33,35,36,40)/t29-/m1/s1. The fraction of sp³-hybridized carbons (Fsp3) is 0.344. The number of likely N-dealkylation sites (N-methyl/N-ethyl adjacent to an activating group) is 1. The monoisotopic (exact) mass is 552 g/mol. The molecule has 0 aliphatic carbocycles. The molecule has 212 valence electrons. The number of urea groups is 1. The normalized spacial score (nSPS) is 16.9. The maximum absolute atomic E-state index is 13.0. The molecule has 2 aliphatic heterocycles. The predicted octanol–water partition coefficient (Wildman–Crippen LogP) is 3.70. The lowest BCUT2D eigenvalue weighted by Crippen LogP contribution is -2.50. The first-order valence-electron chi connectivity index (χ1n) is 13.9. The number of ether oxygens (including phenoxy) is 1. The molecular weight excluding hydrogens is 516 g/mol. The van der Waals surface area contributed by atoms with Crippen molar-refractivity contribution in [2.75, 3.05) is 51.0 Å². The van der Waals surface area contributed by atoms with Crippen LogP contribution in [0.15, 0.2) is 60.8 Å². The zero-order valence-corrected chi connectivity index (χ0v) is 23.7. The van der Waals surface area contributed by atoms with Crippen LogP contribution in [0.5, 0.6) is 0 Å². The van der Waals surface area contributed by atoms with E-state index >= 15 is 0 Å². The van der Waals surface area contributed by atoms with Crippen LogP contribution in [-0.2, 0) is 11.3 Å². The second kappa shape index (κ2) is 13.0. The van der Waals surface area contributed by atoms with Gasteiger partial charge in [0.1, 0.15) is 5.82 Å². The number of nitrogens with one attached hydrogen (secondary N) is 3. The molecule has 2 saturated heterocycles. The van der Waals surface area contributed by atoms with E-state index in [0.717, 1.165) is 36.4 Å². The van der Waals surface area contributed by atoms with Gasteiger partial charge in [-0.3, -0.25) is 15.0 Å². The second-order valence-electron chi connectivity index (χ2n) is 10.8. The van der Waals surface area contributed by atoms with Gasteiger partial charge in [0.05, 0.1) is 19.3 Å². The van der Waals surface area contributed by atoms with Crippen LogP contribution in [0.2, 0.25) is 0 Å². The van der Waals surface area contributed by atoms with Crippen LogP contribution in [-0.4, -0.2) is 79.2 Å². The van der Waals surface area contributed by atoms with Crippen LogP contribution < -0.4 is 16.0 Å². The van der Waals surface area contributed by atoms with Crippen molar-refractivity contribution < 1.29 is 14.3 Å². The van der Waals surface area contributed by atoms with Gasteiger partial charge in [-0.1, -0.05) is 30.0 Å². The Hall–Kier alpha value is -4.23. The van der Waals surface area contributed by atoms with Crippen LogP contribution in [0.4, 0.5) is 16.3 Å². The van der Waals surface area contributed by atoms with Gasteiger partial charge >= 0.3 is 6.03 Å². The SMILES string of the molecule is Cc1ccc(C(=O)Nc2ccc(CN3CC[C@@H](N(C)C)C3)cc2)cc1C#Cc1ccc(NC(=O)NC2COC2)nc1. The summed E-state index contributed by atoms with van der Waals surface area (Å²) in [4.78, 5) is 34.0. The van der Waals surface area contributed by atoms with E-state index < -0.39 is 0 Å². The summed E-state index contributed by atoms with van der Waals surface area (Å²) in [6.45, 7) is 6.12. The molecule has 9 nitrogen and oxygen atoms in total. The number of rotatable bonds is 7. The number of hydrogen-bond donors (Lipinski definition) is 3. The van der Waals surface area contributed by atoms with Crippen molar-refractivity contribution >= 4 is 23.4 Å². The molecule has 0 unspecified atom stereocenters. The lowest BCUT2D eigenvalue weighted by atomic mass is 10.0. The number of anilines is 2. The molecule has 0 bridgehead atoms. The first-order valence-corrected chi connectivity index (χ1v) is 13.9. The highest BCUT2D eigenvalue weighted by atomic mass is 16.5. The van der Waals surface area contributed by atoms with E-state index in [2.05, 4.69) is 68.8 Å². The van der Waals surface area contributed by atoms with Crippen molar-refractivity contribution in [3.8, 4) is 11.8 Å². The molecule has 3 heterocycles. The van der Waals surface area contributed by atoms with Crippen LogP contribution in [0.25, 0.3) is 0 Å². The average Bonchev–Trinajstić information content (AvgIpc) is 3.41. The van der Waals surface area contributed by atoms with Crippen LogP contribution in [0.1, 0.15) is 39.0 Å². The minimum Gasteiger partial charge on any atom is -0.377 e. The molecule has 3 N–H and O–H groups in total. The highest BCUT2D eigenvalue weighted by Crippen LogP contribution is 2.19. The molecule has 5 rings (SSSR count). The molecule has 0 radical (unpaired) electrons. The van der Waals surface area contributed by atoms with E-state index in [-0.39, 0.29) is 18.0 Å². The van der Waals surface area contributed by atoms with Crippen LogP contribution in [0.3, 0.4) is 0 Å². The molecule has 2 fully saturated rings. The quantitative estimate of drug-likeness (QED) is 0.387. The van der Waals surface area contributed by atoms with Crippen LogP contribution >= 0.6 is 0 Å². The number of nitrogens with zero attached hydrogens (tertiary/aromatic N) is 3. The largest absolute Gasteiger partial charge is 0.377 e. The lowest BCUT2D eigenvalue weighted by molar-refractivity contribution is 0.000731. The van der Waals surface area contributed by atoms with E-state index in [9.17, 15) is 9.59 Å². The number of pyridine rings is 1. The summed E-state index contributed by atoms with van der Waals surface area (Å²) in [6.07, 6.45) is 2.80. The molecule has 1 aromatic heterocycles. The minimum atomic E-state index is -0.313. The molecule has 3 amide bonds. The van der Waals surface area contributed by atoms with Crippen molar-refractivity contribution in [1.82, 2.24) is 20.1 Å². The topological polar surface area (TPSA) is 98.8 Å². The molecule has 0 spiro atoms. The van der Waals surface area contributed by atoms with Gasteiger partial charge in [0.2, 0.25) is 0 Å². The smallest absolute Gasteiger partial charge is 0.320 e. The molecular formula is C32H36N6O3. The number of carbonyl (C=O) groups excluding carboxylic acids is 2. The zero-order chi connectivity index (χ0) is 28.8. The van der Waals surface area contributed by atoms with Crippen molar-refractivity contribution in [1.29, 1.82) is 0 Å². The van der Waals surface area contributed by atoms with Gasteiger partial charge in [-0.2, -0.15) is 0 Å². The Bertz CT molecular complexity index is 1440. The minimum absolute atomic E-state index is 0.0446. The van der Waals surface area contributed by atoms with Gasteiger partial charge < -0.3 is 20.3 Å². The number of aromatic nitrogens is 1. The number of carbonyl (C=O) groups is 2. The van der Waals surface area contributed by atoms with Gasteiger partial charge in [-0.05, 0) is 75.0 Å². The third-order valence-corrected chi connectivity index (χ3v) is 7.42. The Morgan fingerprint density at radius 2 is 1.85 bits per heavy atom. The van der Waals surface area contributed by atoms with Gasteiger partial charge in [0.15, 0.2) is 0 Å². The Labute approximate surface area is 241 Å². The van der Waals surface area contributed by atoms with Gasteiger partial charge in [-0.15, -0.1) is 0 Å². The number of amides is 3. The van der Waals surface area contributed by atoms with E-state index in [4.69, 9.17) is 4.74 Å². The number of hydrogen-bond acceptors (Lipinski definition) is 6. The van der Waals surface area contributed by atoms with E-state index in [1.165, 1.54) is 12.0 Å². The van der Waals surface area contributed by atoms with E-state index in [0.29, 0.717) is 36.2 Å². The van der Waals surface area contributed by atoms with Crippen LogP contribution in [0, 0.1) is 18.8 Å². The summed E-state index contributed by atoms with van der Waals surface area (Å²) < 4.78 is 5.05. The van der Waals surface area contributed by atoms with E-state index in [1.807, 2.05) is 31.2 Å². The second-order valence-corrected chi connectivity index (χ2v) is 10.8. The molecule has 0 saturated carbocycles. The van der Waals surface area contributed by atoms with Gasteiger partial charge in [0.25, 0.3) is 5.91 Å². The third kappa shape index (κ3) is 7.70. The Balaban J connectivity index is 1.16. The molecule has 2 aliphatic rings. The van der Waals surface area contributed by atoms with Crippen molar-refractivity contribution in [2.24, 2.45) is 0 Å². The summed E-state index contributed by atoms with van der Waals surface area (Å²) >= 11 is 0. The lowest BCUT2D eigenvalue weighted by Gasteiger charge is -2.26. The van der Waals surface area contributed by atoms with Crippen molar-refractivity contribution in [2.45, 2.75) is 32.0 Å². The van der Waals surface area contributed by atoms with Crippen molar-refractivity contribution in [3.63, 3.8) is 0 Å². The van der Waals surface area contributed by atoms with Gasteiger partial charge in [0, 0.05) is 54.3 Å². The summed E-state index contributed by atoms with van der Waals surface area (Å²) in [5, 5.41) is 8.50. The summed E-state index contributed by atoms with van der Waals surface area (Å²) in [7, 11) is 4.28. The zero-order valence-electron chi connectivity index (χ0n) is 23.7. The molecule has 41 heavy (non-hydrogen) atoms. The fourth-order valence-corrected chi connectivity index (χ4v) is 4.77. The maximum atomic E-state index is 13.0. The molecule has 2 aromatic carbocycles. The fourth-order valence-electron chi connectivity index (χ4n) is 4.77.